The molecule has 0 spiro atoms. The first-order chi connectivity index (χ1) is 6.09. The van der Waals surface area contributed by atoms with Crippen LogP contribution < -0.4 is 0 Å². The summed E-state index contributed by atoms with van der Waals surface area (Å²) in [6.07, 6.45) is 3.59. The summed E-state index contributed by atoms with van der Waals surface area (Å²) in [5.74, 6) is 1.30. The first kappa shape index (κ1) is 10.7. The third-order valence-electron chi connectivity index (χ3n) is 2.78. The van der Waals surface area contributed by atoms with Gasteiger partial charge in [-0.2, -0.15) is 0 Å². The molecule has 1 aliphatic rings. The first-order valence-corrected chi connectivity index (χ1v) is 5.21. The molecule has 2 nitrogen and oxygen atoms in total. The Hall–Kier alpha value is -0.370. The van der Waals surface area contributed by atoms with Gasteiger partial charge in [0.1, 0.15) is 5.78 Å². The highest BCUT2D eigenvalue weighted by atomic mass is 16.5. The molecule has 0 aromatic carbocycles. The minimum absolute atomic E-state index is 0.316. The van der Waals surface area contributed by atoms with E-state index in [4.69, 9.17) is 4.74 Å². The normalized spacial score (nSPS) is 28.3. The molecule has 13 heavy (non-hydrogen) atoms. The fourth-order valence-corrected chi connectivity index (χ4v) is 1.92. The molecule has 2 atom stereocenters. The summed E-state index contributed by atoms with van der Waals surface area (Å²) < 4.78 is 5.54. The molecular formula is C11H20O2. The summed E-state index contributed by atoms with van der Waals surface area (Å²) in [5.41, 5.74) is 0. The lowest BCUT2D eigenvalue weighted by atomic mass is 10.0. The highest BCUT2D eigenvalue weighted by Gasteiger charge is 2.27. The van der Waals surface area contributed by atoms with Crippen molar-refractivity contribution in [3.05, 3.63) is 0 Å². The molecule has 0 saturated heterocycles. The summed E-state index contributed by atoms with van der Waals surface area (Å²) in [4.78, 5) is 11.1. The van der Waals surface area contributed by atoms with E-state index in [-0.39, 0.29) is 0 Å². The molecule has 2 unspecified atom stereocenters. The van der Waals surface area contributed by atoms with Gasteiger partial charge in [-0.1, -0.05) is 0 Å². The van der Waals surface area contributed by atoms with Gasteiger partial charge in [0.25, 0.3) is 0 Å². The predicted molar refractivity (Wildman–Crippen MR) is 52.6 cm³/mol. The Kier molecular flexibility index (Phi) is 3.91. The van der Waals surface area contributed by atoms with Crippen LogP contribution in [0.1, 0.15) is 40.0 Å². The van der Waals surface area contributed by atoms with Crippen molar-refractivity contribution in [1.29, 1.82) is 0 Å². The zero-order valence-corrected chi connectivity index (χ0v) is 8.88. The minimum atomic E-state index is 0.316. The van der Waals surface area contributed by atoms with Crippen molar-refractivity contribution in [2.45, 2.75) is 46.1 Å². The van der Waals surface area contributed by atoms with Gasteiger partial charge >= 0.3 is 0 Å². The summed E-state index contributed by atoms with van der Waals surface area (Å²) in [7, 11) is 0. The van der Waals surface area contributed by atoms with E-state index in [0.717, 1.165) is 25.9 Å². The number of carbonyl (C=O) groups is 1. The molecule has 0 aromatic heterocycles. The Balaban J connectivity index is 2.21. The van der Waals surface area contributed by atoms with Crippen LogP contribution in [0.15, 0.2) is 0 Å². The first-order valence-electron chi connectivity index (χ1n) is 5.21. The number of carbonyl (C=O) groups excluding carboxylic acids is 1. The quantitative estimate of drug-likeness (QED) is 0.670. The number of hydrogen-bond donors (Lipinski definition) is 0. The number of Topliss-reactive ketones (excluding diaryl/α,β-unsaturated/α-hetero) is 1. The van der Waals surface area contributed by atoms with E-state index in [1.807, 2.05) is 0 Å². The van der Waals surface area contributed by atoms with E-state index >= 15 is 0 Å². The topological polar surface area (TPSA) is 26.3 Å². The highest BCUT2D eigenvalue weighted by Crippen LogP contribution is 2.31. The molecular weight excluding hydrogens is 164 g/mol. The Morgan fingerprint density at radius 3 is 2.62 bits per heavy atom. The highest BCUT2D eigenvalue weighted by molar-refractivity contribution is 5.78. The van der Waals surface area contributed by atoms with Crippen LogP contribution in [-0.4, -0.2) is 18.5 Å². The lowest BCUT2D eigenvalue weighted by Gasteiger charge is -2.12. The molecule has 0 radical (unpaired) electrons. The molecule has 2 heteroatoms. The standard InChI is InChI=1S/C11H20O2/c1-8(2)13-7-10-4-5-11(6-10)9(3)12/h8,10-11H,4-7H2,1-3H3. The maximum absolute atomic E-state index is 11.1. The molecule has 1 aliphatic carbocycles. The Morgan fingerprint density at radius 2 is 2.15 bits per heavy atom. The second-order valence-electron chi connectivity index (χ2n) is 4.37. The van der Waals surface area contributed by atoms with Crippen LogP contribution in [0.5, 0.6) is 0 Å². The average Bonchev–Trinajstić information content (AvgIpc) is 2.48. The Bertz CT molecular complexity index is 175. The van der Waals surface area contributed by atoms with Gasteiger partial charge in [-0.15, -0.1) is 0 Å². The van der Waals surface area contributed by atoms with Gasteiger partial charge in [-0.3, -0.25) is 4.79 Å². The van der Waals surface area contributed by atoms with Crippen LogP contribution in [0, 0.1) is 11.8 Å². The zero-order chi connectivity index (χ0) is 9.84. The van der Waals surface area contributed by atoms with E-state index in [1.54, 1.807) is 6.92 Å². The predicted octanol–water partition coefficient (Wildman–Crippen LogP) is 2.42. The van der Waals surface area contributed by atoms with Crippen LogP contribution in [0.2, 0.25) is 0 Å². The third-order valence-corrected chi connectivity index (χ3v) is 2.78. The molecule has 76 valence electrons. The van der Waals surface area contributed by atoms with Crippen LogP contribution >= 0.6 is 0 Å². The maximum atomic E-state index is 11.1. The maximum Gasteiger partial charge on any atom is 0.132 e. The molecule has 0 N–H and O–H groups in total. The summed E-state index contributed by atoms with van der Waals surface area (Å²) in [5, 5.41) is 0. The Labute approximate surface area is 80.7 Å². The van der Waals surface area contributed by atoms with Crippen LogP contribution in [0.3, 0.4) is 0 Å². The second-order valence-corrected chi connectivity index (χ2v) is 4.37. The molecule has 1 fully saturated rings. The molecule has 1 rings (SSSR count). The van der Waals surface area contributed by atoms with Crippen molar-refractivity contribution in [2.24, 2.45) is 11.8 Å². The van der Waals surface area contributed by atoms with Gasteiger partial charge in [-0.05, 0) is 46.0 Å². The van der Waals surface area contributed by atoms with E-state index < -0.39 is 0 Å². The molecule has 0 bridgehead atoms. The summed E-state index contributed by atoms with van der Waals surface area (Å²) >= 11 is 0. The number of rotatable bonds is 4. The lowest BCUT2D eigenvalue weighted by Crippen LogP contribution is -2.12. The van der Waals surface area contributed by atoms with Crippen LogP contribution in [0.25, 0.3) is 0 Å². The third kappa shape index (κ3) is 3.47. The lowest BCUT2D eigenvalue weighted by molar-refractivity contribution is -0.120. The Morgan fingerprint density at radius 1 is 1.46 bits per heavy atom. The SMILES string of the molecule is CC(=O)C1CCC(COC(C)C)C1. The smallest absolute Gasteiger partial charge is 0.132 e. The van der Waals surface area contributed by atoms with Crippen molar-refractivity contribution < 1.29 is 9.53 Å². The number of ether oxygens (including phenoxy) is 1. The van der Waals surface area contributed by atoms with Crippen molar-refractivity contribution in [1.82, 2.24) is 0 Å². The van der Waals surface area contributed by atoms with Crippen molar-refractivity contribution in [3.63, 3.8) is 0 Å². The van der Waals surface area contributed by atoms with Crippen LogP contribution in [-0.2, 0) is 9.53 Å². The molecule has 0 heterocycles. The molecule has 1 saturated carbocycles. The van der Waals surface area contributed by atoms with Gasteiger partial charge in [0, 0.05) is 12.5 Å². The monoisotopic (exact) mass is 184 g/mol. The summed E-state index contributed by atoms with van der Waals surface area (Å²) in [6, 6.07) is 0. The largest absolute Gasteiger partial charge is 0.379 e. The fraction of sp³-hybridized carbons (Fsp3) is 0.909. The van der Waals surface area contributed by atoms with E-state index in [1.165, 1.54) is 0 Å². The van der Waals surface area contributed by atoms with Gasteiger partial charge in [0.15, 0.2) is 0 Å². The van der Waals surface area contributed by atoms with Crippen LogP contribution in [0.4, 0.5) is 0 Å². The zero-order valence-electron chi connectivity index (χ0n) is 8.88. The van der Waals surface area contributed by atoms with Crippen molar-refractivity contribution in [2.75, 3.05) is 6.61 Å². The van der Waals surface area contributed by atoms with Gasteiger partial charge < -0.3 is 4.74 Å². The molecule has 0 aliphatic heterocycles. The van der Waals surface area contributed by atoms with Gasteiger partial charge in [0.05, 0.1) is 6.10 Å². The number of ketones is 1. The van der Waals surface area contributed by atoms with E-state index in [2.05, 4.69) is 13.8 Å². The van der Waals surface area contributed by atoms with E-state index in [0.29, 0.717) is 23.7 Å². The molecule has 0 amide bonds. The summed E-state index contributed by atoms with van der Waals surface area (Å²) in [6.45, 7) is 6.65. The van der Waals surface area contributed by atoms with E-state index in [9.17, 15) is 4.79 Å². The average molecular weight is 184 g/mol. The minimum Gasteiger partial charge on any atom is -0.379 e. The van der Waals surface area contributed by atoms with Crippen molar-refractivity contribution >= 4 is 5.78 Å². The van der Waals surface area contributed by atoms with Gasteiger partial charge in [0.2, 0.25) is 0 Å². The number of hydrogen-bond acceptors (Lipinski definition) is 2. The second kappa shape index (κ2) is 4.75. The van der Waals surface area contributed by atoms with Crippen molar-refractivity contribution in [3.8, 4) is 0 Å². The fourth-order valence-electron chi connectivity index (χ4n) is 1.92. The van der Waals surface area contributed by atoms with Gasteiger partial charge in [-0.25, -0.2) is 0 Å². The molecule has 0 aromatic rings.